The lowest BCUT2D eigenvalue weighted by atomic mass is 9.85. The third-order valence-electron chi connectivity index (χ3n) is 16.6. The highest BCUT2D eigenvalue weighted by atomic mass is 28.4. The lowest BCUT2D eigenvalue weighted by Gasteiger charge is -2.28. The second kappa shape index (κ2) is 51.2. The van der Waals surface area contributed by atoms with Gasteiger partial charge in [-0.15, -0.1) is 0 Å². The summed E-state index contributed by atoms with van der Waals surface area (Å²) in [5.41, 5.74) is 8.89. The minimum atomic E-state index is -2.73. The van der Waals surface area contributed by atoms with Crippen LogP contribution in [0.2, 0.25) is 12.1 Å². The summed E-state index contributed by atoms with van der Waals surface area (Å²) in [7, 11) is -5.27. The molecule has 0 heterocycles. The Hall–Kier alpha value is -11.8. The second-order valence-electron chi connectivity index (χ2n) is 25.7. The summed E-state index contributed by atoms with van der Waals surface area (Å²) in [6.45, 7) is 23.0. The Morgan fingerprint density at radius 2 is 0.504 bits per heavy atom. The van der Waals surface area contributed by atoms with Crippen LogP contribution in [0, 0.1) is 11.5 Å². The topological polar surface area (TPSA) is 344 Å². The monoisotopic (exact) mass is 1640 g/mol. The van der Waals surface area contributed by atoms with Crippen molar-refractivity contribution in [3.05, 3.63) is 268 Å². The van der Waals surface area contributed by atoms with Crippen molar-refractivity contribution in [3.63, 3.8) is 0 Å². The Balaban J connectivity index is 0.000000287. The number of rotatable bonds is 35. The first-order chi connectivity index (χ1) is 56.1. The van der Waals surface area contributed by atoms with Gasteiger partial charge in [-0.05, 0) is 220 Å². The molecule has 0 aliphatic carbocycles. The normalized spacial score (nSPS) is 10.8. The molecule has 25 nitrogen and oxygen atoms in total. The second-order valence-corrected chi connectivity index (χ2v) is 31.1. The van der Waals surface area contributed by atoms with E-state index in [-0.39, 0.29) is 65.1 Å². The zero-order chi connectivity index (χ0) is 85.7. The molecule has 0 aliphatic heterocycles. The van der Waals surface area contributed by atoms with Gasteiger partial charge in [0.05, 0.1) is 0 Å². The molecule has 0 unspecified atom stereocenters. The van der Waals surface area contributed by atoms with Gasteiger partial charge in [-0.25, -0.2) is 0 Å². The maximum absolute atomic E-state index is 12.6. The minimum Gasteiger partial charge on any atom is -0.508 e. The van der Waals surface area contributed by atoms with Crippen molar-refractivity contribution in [1.82, 2.24) is 0 Å². The molecule has 0 aromatic heterocycles. The third kappa shape index (κ3) is 34.6. The van der Waals surface area contributed by atoms with Gasteiger partial charge < -0.3 is 80.1 Å². The summed E-state index contributed by atoms with van der Waals surface area (Å²) in [6.07, 6.45) is 3.98. The van der Waals surface area contributed by atoms with E-state index in [1.54, 1.807) is 115 Å². The lowest BCUT2D eigenvalue weighted by Crippen LogP contribution is -2.46. The molecule has 117 heavy (non-hydrogen) atoms. The van der Waals surface area contributed by atoms with Crippen molar-refractivity contribution in [2.24, 2.45) is 0 Å². The quantitative estimate of drug-likeness (QED) is 0.00545. The number of hydrogen-bond donors (Lipinski definition) is 4. The molecule has 0 atom stereocenters. The Bertz CT molecular complexity index is 4250. The first kappa shape index (κ1) is 95.7. The van der Waals surface area contributed by atoms with Crippen molar-refractivity contribution in [2.75, 3.05) is 46.2 Å². The number of ether oxygens (including phenoxy) is 7. The van der Waals surface area contributed by atoms with Crippen LogP contribution in [0.15, 0.2) is 218 Å². The largest absolute Gasteiger partial charge is 0.508 e. The van der Waals surface area contributed by atoms with Gasteiger partial charge >= 0.3 is 59.4 Å². The van der Waals surface area contributed by atoms with Crippen LogP contribution >= 0.6 is 0 Å². The van der Waals surface area contributed by atoms with Gasteiger partial charge in [0.15, 0.2) is 0 Å². The van der Waals surface area contributed by atoms with Crippen LogP contribution in [0.4, 0.5) is 0 Å². The highest BCUT2D eigenvalue weighted by Gasteiger charge is 2.41. The minimum absolute atomic E-state index is 0.0400. The fourth-order valence-corrected chi connectivity index (χ4v) is 17.4. The molecule has 0 aliphatic rings. The van der Waals surface area contributed by atoms with Crippen molar-refractivity contribution in [3.8, 4) is 58.0 Å². The zero-order valence-corrected chi connectivity index (χ0v) is 70.1. The molecule has 0 spiro atoms. The van der Waals surface area contributed by atoms with E-state index in [4.69, 9.17) is 55.5 Å². The van der Waals surface area contributed by atoms with Crippen LogP contribution in [0.5, 0.6) is 51.7 Å². The number of carbonyl (C=O) groups excluding carboxylic acids is 7. The number of nitrogens with zero attached hydrogens (tertiary/aromatic N) is 1. The highest BCUT2D eigenvalue weighted by molar-refractivity contribution is 6.61. The number of hydrogen-bond acceptors (Lipinski definition) is 25. The van der Waals surface area contributed by atoms with Crippen molar-refractivity contribution < 1.29 is 114 Å². The van der Waals surface area contributed by atoms with Crippen LogP contribution in [0.1, 0.15) is 177 Å². The molecule has 0 bridgehead atoms. The molecule has 4 N–H and O–H groups in total. The van der Waals surface area contributed by atoms with E-state index >= 15 is 0 Å². The Kier molecular flexibility index (Phi) is 41.9. The van der Waals surface area contributed by atoms with Crippen LogP contribution < -0.4 is 23.7 Å². The Labute approximate surface area is 686 Å². The van der Waals surface area contributed by atoms with Crippen LogP contribution in [-0.4, -0.2) is 126 Å². The molecular weight excluding hydrogens is 1540 g/mol. The van der Waals surface area contributed by atoms with E-state index in [0.717, 1.165) is 56.5 Å². The summed E-state index contributed by atoms with van der Waals surface area (Å²) >= 11 is 0. The molecule has 0 radical (unpaired) electrons. The van der Waals surface area contributed by atoms with Gasteiger partial charge in [0.1, 0.15) is 58.4 Å². The van der Waals surface area contributed by atoms with Crippen LogP contribution in [0.3, 0.4) is 0 Å². The third-order valence-corrected chi connectivity index (χ3v) is 22.9. The summed E-state index contributed by atoms with van der Waals surface area (Å²) in [4.78, 5) is 77.2. The maximum atomic E-state index is 12.6. The smallest absolute Gasteiger partial charge is 0.501 e. The first-order valence-electron chi connectivity index (χ1n) is 38.2. The Morgan fingerprint density at radius 1 is 0.299 bits per heavy atom. The number of aromatic hydroxyl groups is 4. The molecule has 0 saturated carbocycles. The average molecular weight is 1640 g/mol. The number of benzene rings is 9. The summed E-state index contributed by atoms with van der Waals surface area (Å²) in [5.74, 6) is -0.137. The van der Waals surface area contributed by atoms with E-state index in [2.05, 4.69) is 9.47 Å². The lowest BCUT2D eigenvalue weighted by molar-refractivity contribution is -0.156. The number of unbranched alkanes of at least 4 members (excludes halogenated alkanes) is 1. The number of carbonyl (C=O) groups is 7. The van der Waals surface area contributed by atoms with Crippen LogP contribution in [0.25, 0.3) is 0 Å². The summed E-state index contributed by atoms with van der Waals surface area (Å²) < 4.78 is 69.4. The summed E-state index contributed by atoms with van der Waals surface area (Å²) in [6, 6.07) is 66.1. The van der Waals surface area contributed by atoms with E-state index in [0.29, 0.717) is 99.9 Å². The van der Waals surface area contributed by atoms with Gasteiger partial charge in [0, 0.05) is 117 Å². The van der Waals surface area contributed by atoms with E-state index in [1.807, 2.05) is 151 Å². The zero-order valence-electron chi connectivity index (χ0n) is 68.1. The maximum Gasteiger partial charge on any atom is 0.501 e. The molecular formula is C90H105NO24Si2. The first-order valence-corrected chi connectivity index (χ1v) is 42.1. The fraction of sp³-hybridized carbons (Fsp3) is 0.311. The Morgan fingerprint density at radius 3 is 0.692 bits per heavy atom. The van der Waals surface area contributed by atoms with Crippen LogP contribution in [-0.2, 0) is 69.6 Å². The molecule has 9 aromatic rings. The van der Waals surface area contributed by atoms with Gasteiger partial charge in [-0.1, -0.05) is 109 Å². The molecule has 0 saturated heterocycles. The van der Waals surface area contributed by atoms with Gasteiger partial charge in [0.25, 0.3) is 6.26 Å². The van der Waals surface area contributed by atoms with E-state index < -0.39 is 41.5 Å². The average Bonchev–Trinajstić information content (AvgIpc) is 0.816. The molecule has 0 fully saturated rings. The number of nitriles is 1. The van der Waals surface area contributed by atoms with Gasteiger partial charge in [-0.2, -0.15) is 5.26 Å². The summed E-state index contributed by atoms with van der Waals surface area (Å²) in [5, 5.41) is 46.3. The van der Waals surface area contributed by atoms with Gasteiger partial charge in [-0.3, -0.25) is 33.6 Å². The van der Waals surface area contributed by atoms with Crippen molar-refractivity contribution in [2.45, 2.75) is 139 Å². The molecule has 622 valence electrons. The predicted molar refractivity (Wildman–Crippen MR) is 442 cm³/mol. The fourth-order valence-electron chi connectivity index (χ4n) is 12.1. The SMILES string of the molecule is CC(=O)OC(C)=O.CC(=O)Oc1ccc(C(c2ccc(O)cc2)c2ccc(OC(C)=O)cc2)cc1.CCO[Si](CCCCC(=O)Oc1ccc(C(c2ccc(OC(C)=O)cc2)c2ccc(OC(C)=O)cc2)cc1)(OCC)OCC.CCO[Si](CCCOC#N)(OCC)OCC.Oc1ccc(C(c2ccc(O)cc2)c2ccc(O)cc2)cc1. The van der Waals surface area contributed by atoms with E-state index in [9.17, 15) is 54.0 Å². The number of phenols is 4. The molecule has 9 rings (SSSR count). The molecule has 27 heteroatoms. The van der Waals surface area contributed by atoms with Crippen molar-refractivity contribution >= 4 is 59.4 Å². The molecule has 9 aromatic carbocycles. The van der Waals surface area contributed by atoms with Crippen molar-refractivity contribution in [1.29, 1.82) is 5.26 Å². The van der Waals surface area contributed by atoms with E-state index in [1.165, 1.54) is 41.5 Å². The number of phenolic OH excluding ortho intramolecular Hbond substituents is 4. The highest BCUT2D eigenvalue weighted by Crippen LogP contribution is 2.39. The predicted octanol–water partition coefficient (Wildman–Crippen LogP) is 17.3. The van der Waals surface area contributed by atoms with Gasteiger partial charge in [0.2, 0.25) is 0 Å². The number of esters is 7. The molecule has 0 amide bonds. The standard InChI is InChI=1S/C34H42O9Si.C23H20O5.C19H16O3.C10H21NO4Si.C4H6O3/c1-6-38-44(39-7-2,40-8-3)24-10-9-11-33(37)43-32-22-16-29(17-23-32)34(27-12-18-30(19-13-27)41-25(4)35)28-14-20-31(21-15-28)42-26(5)36;1-15(24)27-21-11-5-18(6-12-21)23(17-3-9-20(26)10-4-17)19-7-13-22(14-8-19)28-16(2)25;20-16-7-1-13(2-8-16)19(14-3-9-17(21)10-4-14)15-5-11-18(22)12-6-15;1-4-13-16(14-5-2,15-6-3)9-7-8-12-10-11;1-3(5)7-4(2)6/h12-23,34H,6-11,24H2,1-5H3;3-14,23,26H,1-2H3;1-12,19-22H;4-9H2,1-3H3;1-2H3.